The molecule has 0 radical (unpaired) electrons. The maximum atomic E-state index is 13.8. The topological polar surface area (TPSA) is 109 Å². The van der Waals surface area contributed by atoms with Gasteiger partial charge in [-0.25, -0.2) is 4.79 Å². The van der Waals surface area contributed by atoms with Crippen molar-refractivity contribution in [3.05, 3.63) is 23.8 Å². The van der Waals surface area contributed by atoms with Crippen molar-refractivity contribution in [1.82, 2.24) is 9.80 Å². The van der Waals surface area contributed by atoms with E-state index in [0.29, 0.717) is 49.7 Å². The minimum atomic E-state index is -1.16. The Labute approximate surface area is 219 Å². The third-order valence-electron chi connectivity index (χ3n) is 6.94. The van der Waals surface area contributed by atoms with E-state index in [1.807, 2.05) is 20.8 Å². The number of piperidine rings is 1. The van der Waals surface area contributed by atoms with Gasteiger partial charge in [0.15, 0.2) is 0 Å². The number of hydrogen-bond acceptors (Lipinski definition) is 6. The number of amides is 3. The van der Waals surface area contributed by atoms with Gasteiger partial charge in [0.2, 0.25) is 5.60 Å². The Balaban J connectivity index is 1.92. The van der Waals surface area contributed by atoms with E-state index in [2.05, 4.69) is 0 Å². The molecule has 10 heteroatoms. The highest BCUT2D eigenvalue weighted by Crippen LogP contribution is 2.39. The van der Waals surface area contributed by atoms with Crippen LogP contribution in [-0.4, -0.2) is 97.1 Å². The second kappa shape index (κ2) is 12.6. The molecule has 1 N–H and O–H groups in total. The fourth-order valence-electron chi connectivity index (χ4n) is 5.08. The number of unbranched alkanes of at least 4 members (excludes halogenated alkanes) is 1. The second-order valence-electron chi connectivity index (χ2n) is 10.1. The van der Waals surface area contributed by atoms with Crippen molar-refractivity contribution >= 4 is 23.6 Å². The molecule has 2 aliphatic heterocycles. The molecule has 1 fully saturated rings. The maximum Gasteiger partial charge on any atom is 0.407 e. The molecule has 206 valence electrons. The molecule has 3 amide bonds. The molecule has 1 aromatic rings. The van der Waals surface area contributed by atoms with Crippen molar-refractivity contribution in [2.75, 3.05) is 51.5 Å². The molecule has 0 aliphatic carbocycles. The quantitative estimate of drug-likeness (QED) is 0.445. The highest BCUT2D eigenvalue weighted by Gasteiger charge is 2.45. The highest BCUT2D eigenvalue weighted by atomic mass is 16.6. The summed E-state index contributed by atoms with van der Waals surface area (Å²) in [5, 5.41) is 9.47. The minimum absolute atomic E-state index is 0.125. The standard InChI is InChI=1S/C27H41N3O7/c1-6-36-18-27(4)25(32)29(14-7-8-15-35-5)22-16-20(11-12-23(22)37-27)24(31)30(19(2)3)21-10-9-13-28(17-21)26(33)34/h11-12,16,19,21H,6-10,13-15,17-18H2,1-5H3,(H,33,34)/t21-,27?/m1/s1. The maximum absolute atomic E-state index is 13.8. The molecule has 0 spiro atoms. The number of carbonyl (C=O) groups excluding carboxylic acids is 2. The zero-order valence-electron chi connectivity index (χ0n) is 22.7. The van der Waals surface area contributed by atoms with Crippen molar-refractivity contribution in [2.24, 2.45) is 0 Å². The molecule has 10 nitrogen and oxygen atoms in total. The molecule has 37 heavy (non-hydrogen) atoms. The molecule has 0 saturated carbocycles. The summed E-state index contributed by atoms with van der Waals surface area (Å²) in [6.07, 6.45) is 1.99. The van der Waals surface area contributed by atoms with Crippen LogP contribution in [-0.2, 0) is 14.3 Å². The molecule has 1 aromatic carbocycles. The molecular formula is C27H41N3O7. The van der Waals surface area contributed by atoms with Gasteiger partial charge in [-0.1, -0.05) is 0 Å². The van der Waals surface area contributed by atoms with Crippen molar-refractivity contribution < 1.29 is 33.7 Å². The molecule has 3 rings (SSSR count). The summed E-state index contributed by atoms with van der Waals surface area (Å²) in [7, 11) is 1.65. The van der Waals surface area contributed by atoms with E-state index in [1.165, 1.54) is 4.90 Å². The summed E-state index contributed by atoms with van der Waals surface area (Å²) in [5.41, 5.74) is -0.171. The van der Waals surface area contributed by atoms with Gasteiger partial charge in [0, 0.05) is 51.6 Å². The van der Waals surface area contributed by atoms with E-state index in [-0.39, 0.29) is 37.0 Å². The average Bonchev–Trinajstić information content (AvgIpc) is 2.87. The summed E-state index contributed by atoms with van der Waals surface area (Å²) in [6, 6.07) is 4.84. The number of nitrogens with zero attached hydrogens (tertiary/aromatic N) is 3. The Bertz CT molecular complexity index is 969. The number of hydrogen-bond donors (Lipinski definition) is 1. The molecule has 2 heterocycles. The largest absolute Gasteiger partial charge is 0.473 e. The third-order valence-corrected chi connectivity index (χ3v) is 6.94. The number of carboxylic acid groups (broad SMARTS) is 1. The van der Waals surface area contributed by atoms with Gasteiger partial charge in [-0.15, -0.1) is 0 Å². The zero-order chi connectivity index (χ0) is 27.2. The van der Waals surface area contributed by atoms with E-state index < -0.39 is 11.7 Å². The lowest BCUT2D eigenvalue weighted by atomic mass is 9.99. The third kappa shape index (κ3) is 6.54. The molecule has 0 aromatic heterocycles. The van der Waals surface area contributed by atoms with Crippen LogP contribution in [0.4, 0.5) is 10.5 Å². The first-order valence-corrected chi connectivity index (χ1v) is 13.1. The lowest BCUT2D eigenvalue weighted by molar-refractivity contribution is -0.139. The van der Waals surface area contributed by atoms with Gasteiger partial charge in [-0.2, -0.15) is 0 Å². The van der Waals surface area contributed by atoms with Crippen LogP contribution >= 0.6 is 0 Å². The number of methoxy groups -OCH3 is 1. The Morgan fingerprint density at radius 1 is 1.30 bits per heavy atom. The Hall–Kier alpha value is -2.85. The first kappa shape index (κ1) is 28.7. The van der Waals surface area contributed by atoms with Crippen LogP contribution in [0.3, 0.4) is 0 Å². The number of anilines is 1. The number of benzene rings is 1. The molecule has 2 aliphatic rings. The highest BCUT2D eigenvalue weighted by molar-refractivity contribution is 6.04. The van der Waals surface area contributed by atoms with E-state index in [1.54, 1.807) is 42.0 Å². The van der Waals surface area contributed by atoms with Crippen molar-refractivity contribution in [2.45, 2.75) is 71.1 Å². The first-order chi connectivity index (χ1) is 17.6. The van der Waals surface area contributed by atoms with Gasteiger partial charge < -0.3 is 34.0 Å². The van der Waals surface area contributed by atoms with E-state index >= 15 is 0 Å². The molecular weight excluding hydrogens is 478 g/mol. The second-order valence-corrected chi connectivity index (χ2v) is 10.1. The van der Waals surface area contributed by atoms with Crippen LogP contribution in [0, 0.1) is 0 Å². The Morgan fingerprint density at radius 2 is 2.05 bits per heavy atom. The van der Waals surface area contributed by atoms with Crippen LogP contribution < -0.4 is 9.64 Å². The first-order valence-electron chi connectivity index (χ1n) is 13.1. The minimum Gasteiger partial charge on any atom is -0.473 e. The molecule has 1 unspecified atom stereocenters. The van der Waals surface area contributed by atoms with Crippen LogP contribution in [0.1, 0.15) is 63.7 Å². The predicted octanol–water partition coefficient (Wildman–Crippen LogP) is 3.63. The fourth-order valence-corrected chi connectivity index (χ4v) is 5.08. The van der Waals surface area contributed by atoms with Crippen LogP contribution in [0.5, 0.6) is 5.75 Å². The van der Waals surface area contributed by atoms with Gasteiger partial charge in [0.05, 0.1) is 18.3 Å². The number of likely N-dealkylation sites (tertiary alicyclic amines) is 1. The van der Waals surface area contributed by atoms with Crippen LogP contribution in [0.15, 0.2) is 18.2 Å². The predicted molar refractivity (Wildman–Crippen MR) is 139 cm³/mol. The van der Waals surface area contributed by atoms with Crippen LogP contribution in [0.2, 0.25) is 0 Å². The lowest BCUT2D eigenvalue weighted by Gasteiger charge is -2.42. The number of fused-ring (bicyclic) bond motifs is 1. The number of rotatable bonds is 11. The van der Waals surface area contributed by atoms with Crippen molar-refractivity contribution in [1.29, 1.82) is 0 Å². The fraction of sp³-hybridized carbons (Fsp3) is 0.667. The average molecular weight is 520 g/mol. The SMILES string of the molecule is CCOCC1(C)Oc2ccc(C(=O)N(C(C)C)[C@@H]3CCCN(C(=O)O)C3)cc2N(CCCCOC)C1=O. The van der Waals surface area contributed by atoms with E-state index in [9.17, 15) is 19.5 Å². The summed E-state index contributed by atoms with van der Waals surface area (Å²) in [5.74, 6) is 0.126. The van der Waals surface area contributed by atoms with Crippen molar-refractivity contribution in [3.8, 4) is 5.75 Å². The Kier molecular flexibility index (Phi) is 9.78. The van der Waals surface area contributed by atoms with Crippen molar-refractivity contribution in [3.63, 3.8) is 0 Å². The van der Waals surface area contributed by atoms with Gasteiger partial charge in [-0.3, -0.25) is 9.59 Å². The van der Waals surface area contributed by atoms with E-state index in [4.69, 9.17) is 14.2 Å². The van der Waals surface area contributed by atoms with Crippen LogP contribution in [0.25, 0.3) is 0 Å². The smallest absolute Gasteiger partial charge is 0.407 e. The normalized spacial score (nSPS) is 21.6. The molecule has 1 saturated heterocycles. The van der Waals surface area contributed by atoms with Gasteiger partial charge in [0.25, 0.3) is 11.8 Å². The number of ether oxygens (including phenoxy) is 3. The summed E-state index contributed by atoms with van der Waals surface area (Å²) >= 11 is 0. The monoisotopic (exact) mass is 519 g/mol. The Morgan fingerprint density at radius 3 is 2.70 bits per heavy atom. The number of carbonyl (C=O) groups is 3. The van der Waals surface area contributed by atoms with Gasteiger partial charge in [-0.05, 0) is 71.6 Å². The van der Waals surface area contributed by atoms with E-state index in [0.717, 1.165) is 19.3 Å². The molecule has 0 bridgehead atoms. The van der Waals surface area contributed by atoms with Gasteiger partial charge in [0.1, 0.15) is 5.75 Å². The summed E-state index contributed by atoms with van der Waals surface area (Å²) in [6.45, 7) is 9.87. The van der Waals surface area contributed by atoms with Gasteiger partial charge >= 0.3 is 6.09 Å². The molecule has 2 atom stereocenters. The summed E-state index contributed by atoms with van der Waals surface area (Å²) in [4.78, 5) is 43.8. The zero-order valence-corrected chi connectivity index (χ0v) is 22.7. The summed E-state index contributed by atoms with van der Waals surface area (Å²) < 4.78 is 16.9. The lowest BCUT2D eigenvalue weighted by Crippen LogP contribution is -2.57.